The highest BCUT2D eigenvalue weighted by atomic mass is 35.5. The summed E-state index contributed by atoms with van der Waals surface area (Å²) in [6.45, 7) is 6.60. The van der Waals surface area contributed by atoms with Gasteiger partial charge in [-0.15, -0.1) is 10.2 Å². The van der Waals surface area contributed by atoms with Crippen molar-refractivity contribution < 1.29 is 9.59 Å². The second-order valence-electron chi connectivity index (χ2n) is 8.60. The van der Waals surface area contributed by atoms with Crippen molar-refractivity contribution >= 4 is 40.8 Å². The molecule has 1 aromatic heterocycles. The number of rotatable bonds is 6. The Morgan fingerprint density at radius 3 is 2.34 bits per heavy atom. The zero-order valence-corrected chi connectivity index (χ0v) is 19.8. The van der Waals surface area contributed by atoms with E-state index in [1.165, 1.54) is 0 Å². The maximum absolute atomic E-state index is 12.8. The van der Waals surface area contributed by atoms with Gasteiger partial charge in [-0.1, -0.05) is 23.2 Å². The van der Waals surface area contributed by atoms with Crippen molar-refractivity contribution in [1.29, 1.82) is 0 Å². The Balaban J connectivity index is 1.34. The van der Waals surface area contributed by atoms with E-state index in [1.54, 1.807) is 17.0 Å². The number of piperazine rings is 1. The first-order chi connectivity index (χ1) is 15.3. The van der Waals surface area contributed by atoms with Crippen LogP contribution in [0.2, 0.25) is 10.0 Å². The topological polar surface area (TPSA) is 69.6 Å². The molecule has 1 saturated heterocycles. The molecule has 0 atom stereocenters. The van der Waals surface area contributed by atoms with Gasteiger partial charge in [-0.2, -0.15) is 0 Å². The van der Waals surface area contributed by atoms with Gasteiger partial charge in [0.15, 0.2) is 5.82 Å². The van der Waals surface area contributed by atoms with Gasteiger partial charge in [-0.3, -0.25) is 9.59 Å². The van der Waals surface area contributed by atoms with Crippen LogP contribution in [-0.2, 0) is 9.59 Å². The Hall–Kier alpha value is -2.38. The summed E-state index contributed by atoms with van der Waals surface area (Å²) in [6, 6.07) is 9.11. The molecule has 2 aliphatic rings. The largest absolute Gasteiger partial charge is 0.352 e. The van der Waals surface area contributed by atoms with Gasteiger partial charge in [0.2, 0.25) is 11.8 Å². The first kappa shape index (κ1) is 22.8. The average Bonchev–Trinajstić information content (AvgIpc) is 3.62. The van der Waals surface area contributed by atoms with Gasteiger partial charge in [0.1, 0.15) is 0 Å². The molecule has 9 heteroatoms. The van der Waals surface area contributed by atoms with E-state index >= 15 is 0 Å². The molecule has 1 aromatic carbocycles. The number of benzene rings is 1. The Kier molecular flexibility index (Phi) is 6.86. The minimum Gasteiger partial charge on any atom is -0.352 e. The summed E-state index contributed by atoms with van der Waals surface area (Å²) < 4.78 is 0. The second kappa shape index (κ2) is 9.63. The van der Waals surface area contributed by atoms with Crippen LogP contribution in [0.15, 0.2) is 30.3 Å². The van der Waals surface area contributed by atoms with Crippen molar-refractivity contribution in [3.8, 4) is 11.3 Å². The van der Waals surface area contributed by atoms with Gasteiger partial charge in [-0.25, -0.2) is 0 Å². The fourth-order valence-corrected chi connectivity index (χ4v) is 4.35. The van der Waals surface area contributed by atoms with Gasteiger partial charge in [0.05, 0.1) is 17.3 Å². The number of aromatic nitrogens is 2. The highest BCUT2D eigenvalue weighted by molar-refractivity contribution is 6.36. The lowest BCUT2D eigenvalue weighted by atomic mass is 10.1. The van der Waals surface area contributed by atoms with Gasteiger partial charge in [-0.05, 0) is 57.0 Å². The van der Waals surface area contributed by atoms with Crippen molar-refractivity contribution in [2.75, 3.05) is 37.6 Å². The molecular formula is C23H27Cl2N5O2. The SMILES string of the molecule is CC(C)N(CC(=O)N1CCN(c2ccc(-c3ccc(Cl)cc3Cl)nn2)CC1)C(=O)C1CC1. The Labute approximate surface area is 198 Å². The monoisotopic (exact) mass is 475 g/mol. The third kappa shape index (κ3) is 5.15. The summed E-state index contributed by atoms with van der Waals surface area (Å²) in [5.74, 6) is 0.999. The molecule has 32 heavy (non-hydrogen) atoms. The molecule has 7 nitrogen and oxygen atoms in total. The summed E-state index contributed by atoms with van der Waals surface area (Å²) in [5.41, 5.74) is 1.46. The highest BCUT2D eigenvalue weighted by Gasteiger charge is 2.36. The Bertz CT molecular complexity index is 986. The molecule has 170 valence electrons. The Morgan fingerprint density at radius 2 is 1.78 bits per heavy atom. The highest BCUT2D eigenvalue weighted by Crippen LogP contribution is 2.32. The van der Waals surface area contributed by atoms with Crippen molar-refractivity contribution in [3.05, 3.63) is 40.4 Å². The van der Waals surface area contributed by atoms with E-state index in [0.29, 0.717) is 41.9 Å². The molecule has 2 aromatic rings. The molecule has 2 amide bonds. The first-order valence-electron chi connectivity index (χ1n) is 11.0. The summed E-state index contributed by atoms with van der Waals surface area (Å²) in [6.07, 6.45) is 1.89. The number of carbonyl (C=O) groups is 2. The van der Waals surface area contributed by atoms with E-state index in [0.717, 1.165) is 24.2 Å². The zero-order valence-electron chi connectivity index (χ0n) is 18.3. The molecule has 4 rings (SSSR count). The van der Waals surface area contributed by atoms with Gasteiger partial charge in [0.25, 0.3) is 0 Å². The fourth-order valence-electron chi connectivity index (χ4n) is 3.85. The number of hydrogen-bond donors (Lipinski definition) is 0. The quantitative estimate of drug-likeness (QED) is 0.636. The molecule has 0 radical (unpaired) electrons. The third-order valence-electron chi connectivity index (χ3n) is 5.95. The molecule has 2 heterocycles. The number of amides is 2. The van der Waals surface area contributed by atoms with E-state index in [2.05, 4.69) is 15.1 Å². The number of anilines is 1. The maximum atomic E-state index is 12.8. The van der Waals surface area contributed by atoms with Crippen molar-refractivity contribution in [1.82, 2.24) is 20.0 Å². The van der Waals surface area contributed by atoms with E-state index in [-0.39, 0.29) is 30.3 Å². The fraction of sp³-hybridized carbons (Fsp3) is 0.478. The summed E-state index contributed by atoms with van der Waals surface area (Å²) in [5, 5.41) is 9.79. The summed E-state index contributed by atoms with van der Waals surface area (Å²) in [4.78, 5) is 31.0. The normalized spacial score (nSPS) is 16.4. The molecule has 0 spiro atoms. The van der Waals surface area contributed by atoms with Gasteiger partial charge < -0.3 is 14.7 Å². The van der Waals surface area contributed by atoms with E-state index < -0.39 is 0 Å². The predicted molar refractivity (Wildman–Crippen MR) is 126 cm³/mol. The van der Waals surface area contributed by atoms with E-state index in [9.17, 15) is 9.59 Å². The minimum absolute atomic E-state index is 0.00571. The Morgan fingerprint density at radius 1 is 1.06 bits per heavy atom. The number of halogens is 2. The van der Waals surface area contributed by atoms with Crippen LogP contribution in [0.1, 0.15) is 26.7 Å². The maximum Gasteiger partial charge on any atom is 0.242 e. The van der Waals surface area contributed by atoms with Gasteiger partial charge in [0, 0.05) is 48.7 Å². The van der Waals surface area contributed by atoms with Crippen LogP contribution >= 0.6 is 23.2 Å². The summed E-state index contributed by atoms with van der Waals surface area (Å²) >= 11 is 12.2. The first-order valence-corrected chi connectivity index (χ1v) is 11.7. The van der Waals surface area contributed by atoms with Crippen LogP contribution in [-0.4, -0.2) is 70.6 Å². The van der Waals surface area contributed by atoms with Crippen LogP contribution in [0.25, 0.3) is 11.3 Å². The minimum atomic E-state index is 0.00571. The van der Waals surface area contributed by atoms with Crippen LogP contribution in [0.5, 0.6) is 0 Å². The summed E-state index contributed by atoms with van der Waals surface area (Å²) in [7, 11) is 0. The molecule has 1 aliphatic carbocycles. The molecule has 0 bridgehead atoms. The lowest BCUT2D eigenvalue weighted by Gasteiger charge is -2.36. The molecule has 0 N–H and O–H groups in total. The molecule has 0 unspecified atom stereocenters. The van der Waals surface area contributed by atoms with Crippen molar-refractivity contribution in [3.63, 3.8) is 0 Å². The number of carbonyl (C=O) groups excluding carboxylic acids is 2. The van der Waals surface area contributed by atoms with Crippen LogP contribution in [0.4, 0.5) is 5.82 Å². The van der Waals surface area contributed by atoms with Crippen molar-refractivity contribution in [2.45, 2.75) is 32.7 Å². The van der Waals surface area contributed by atoms with Crippen LogP contribution in [0.3, 0.4) is 0 Å². The average molecular weight is 476 g/mol. The molecule has 2 fully saturated rings. The van der Waals surface area contributed by atoms with Crippen LogP contribution < -0.4 is 4.90 Å². The van der Waals surface area contributed by atoms with Crippen LogP contribution in [0, 0.1) is 5.92 Å². The van der Waals surface area contributed by atoms with E-state index in [4.69, 9.17) is 23.2 Å². The predicted octanol–water partition coefficient (Wildman–Crippen LogP) is 3.75. The molecular weight excluding hydrogens is 449 g/mol. The molecule has 1 saturated carbocycles. The van der Waals surface area contributed by atoms with Crippen molar-refractivity contribution in [2.24, 2.45) is 5.92 Å². The zero-order chi connectivity index (χ0) is 22.8. The van der Waals surface area contributed by atoms with Gasteiger partial charge >= 0.3 is 0 Å². The number of hydrogen-bond acceptors (Lipinski definition) is 5. The molecule has 1 aliphatic heterocycles. The number of nitrogens with zero attached hydrogens (tertiary/aromatic N) is 5. The smallest absolute Gasteiger partial charge is 0.242 e. The second-order valence-corrected chi connectivity index (χ2v) is 9.45. The standard InChI is InChI=1S/C23H27Cl2N5O2/c1-15(2)30(23(32)16-3-4-16)14-22(31)29-11-9-28(10-12-29)21-8-7-20(26-27-21)18-6-5-17(24)13-19(18)25/h5-8,13,15-16H,3-4,9-12,14H2,1-2H3. The third-order valence-corrected chi connectivity index (χ3v) is 6.50. The lowest BCUT2D eigenvalue weighted by Crippen LogP contribution is -2.53. The lowest BCUT2D eigenvalue weighted by molar-refractivity contribution is -0.143. The van der Waals surface area contributed by atoms with E-state index in [1.807, 2.05) is 36.9 Å².